The minimum Gasteiger partial charge on any atom is -0.491 e. The van der Waals surface area contributed by atoms with E-state index >= 15 is 0 Å². The fourth-order valence-electron chi connectivity index (χ4n) is 3.69. The number of methoxy groups -OCH3 is 1. The van der Waals surface area contributed by atoms with Gasteiger partial charge < -0.3 is 24.7 Å². The quantitative estimate of drug-likeness (QED) is 0.344. The zero-order chi connectivity index (χ0) is 21.9. The smallest absolute Gasteiger partial charge is 0.191 e. The van der Waals surface area contributed by atoms with Gasteiger partial charge in [-0.05, 0) is 38.3 Å². The SMILES string of the molecule is CCNC(=NCc1ccc(C)cc1OCCOC)NCCc1nnc2n1CCCCC2. The lowest BCUT2D eigenvalue weighted by Crippen LogP contribution is -2.38. The van der Waals surface area contributed by atoms with E-state index in [4.69, 9.17) is 14.5 Å². The van der Waals surface area contributed by atoms with Gasteiger partial charge >= 0.3 is 0 Å². The highest BCUT2D eigenvalue weighted by Gasteiger charge is 2.14. The minimum atomic E-state index is 0.525. The fraction of sp³-hybridized carbons (Fsp3) is 0.609. The molecule has 1 aromatic carbocycles. The Labute approximate surface area is 185 Å². The highest BCUT2D eigenvalue weighted by atomic mass is 16.5. The van der Waals surface area contributed by atoms with Crippen LogP contribution in [0.25, 0.3) is 0 Å². The van der Waals surface area contributed by atoms with Gasteiger partial charge in [-0.25, -0.2) is 4.99 Å². The summed E-state index contributed by atoms with van der Waals surface area (Å²) in [5.41, 5.74) is 2.22. The second-order valence-corrected chi connectivity index (χ2v) is 7.82. The van der Waals surface area contributed by atoms with Gasteiger partial charge in [0.05, 0.1) is 13.2 Å². The molecule has 1 aliphatic heterocycles. The molecule has 0 saturated heterocycles. The van der Waals surface area contributed by atoms with Crippen LogP contribution in [-0.4, -0.2) is 54.1 Å². The first-order valence-corrected chi connectivity index (χ1v) is 11.4. The first-order valence-electron chi connectivity index (χ1n) is 11.4. The summed E-state index contributed by atoms with van der Waals surface area (Å²) in [4.78, 5) is 4.76. The van der Waals surface area contributed by atoms with Crippen molar-refractivity contribution in [1.82, 2.24) is 25.4 Å². The van der Waals surface area contributed by atoms with Crippen LogP contribution in [0.4, 0.5) is 0 Å². The second kappa shape index (κ2) is 12.3. The molecule has 0 bridgehead atoms. The van der Waals surface area contributed by atoms with Crippen molar-refractivity contribution >= 4 is 5.96 Å². The molecule has 170 valence electrons. The Kier molecular flexibility index (Phi) is 9.15. The van der Waals surface area contributed by atoms with E-state index < -0.39 is 0 Å². The number of nitrogens with zero attached hydrogens (tertiary/aromatic N) is 4. The van der Waals surface area contributed by atoms with E-state index in [9.17, 15) is 0 Å². The van der Waals surface area contributed by atoms with E-state index in [2.05, 4.69) is 57.4 Å². The Morgan fingerprint density at radius 2 is 2.06 bits per heavy atom. The van der Waals surface area contributed by atoms with E-state index in [1.807, 2.05) is 0 Å². The molecule has 8 heteroatoms. The Morgan fingerprint density at radius 3 is 2.90 bits per heavy atom. The molecule has 0 saturated carbocycles. The van der Waals surface area contributed by atoms with Crippen LogP contribution in [0, 0.1) is 6.92 Å². The van der Waals surface area contributed by atoms with Crippen LogP contribution in [0.5, 0.6) is 5.75 Å². The molecule has 0 fully saturated rings. The normalized spacial score (nSPS) is 14.1. The maximum absolute atomic E-state index is 5.89. The average Bonchev–Trinajstić information content (AvgIpc) is 2.99. The van der Waals surface area contributed by atoms with E-state index in [0.29, 0.717) is 19.8 Å². The fourth-order valence-corrected chi connectivity index (χ4v) is 3.69. The van der Waals surface area contributed by atoms with Crippen molar-refractivity contribution in [3.63, 3.8) is 0 Å². The Bertz CT molecular complexity index is 849. The number of rotatable bonds is 10. The molecule has 1 aliphatic rings. The molecule has 8 nitrogen and oxygen atoms in total. The average molecular weight is 429 g/mol. The van der Waals surface area contributed by atoms with Gasteiger partial charge in [-0.2, -0.15) is 0 Å². The zero-order valence-corrected chi connectivity index (χ0v) is 19.1. The van der Waals surface area contributed by atoms with Crippen LogP contribution in [0.15, 0.2) is 23.2 Å². The summed E-state index contributed by atoms with van der Waals surface area (Å²) in [7, 11) is 1.68. The zero-order valence-electron chi connectivity index (χ0n) is 19.1. The number of nitrogens with one attached hydrogen (secondary N) is 2. The van der Waals surface area contributed by atoms with Crippen LogP contribution >= 0.6 is 0 Å². The van der Waals surface area contributed by atoms with Crippen LogP contribution in [0.2, 0.25) is 0 Å². The molecular formula is C23H36N6O2. The predicted molar refractivity (Wildman–Crippen MR) is 123 cm³/mol. The first kappa shape index (κ1) is 23.1. The van der Waals surface area contributed by atoms with Gasteiger partial charge in [-0.3, -0.25) is 0 Å². The third kappa shape index (κ3) is 6.95. The third-order valence-electron chi connectivity index (χ3n) is 5.35. The summed E-state index contributed by atoms with van der Waals surface area (Å²) in [6, 6.07) is 6.22. The number of guanidine groups is 1. The van der Waals surface area contributed by atoms with Crippen LogP contribution in [0.1, 0.15) is 49.0 Å². The van der Waals surface area contributed by atoms with E-state index in [1.165, 1.54) is 19.3 Å². The summed E-state index contributed by atoms with van der Waals surface area (Å²) >= 11 is 0. The van der Waals surface area contributed by atoms with Crippen molar-refractivity contribution in [2.75, 3.05) is 33.4 Å². The molecule has 31 heavy (non-hydrogen) atoms. The monoisotopic (exact) mass is 428 g/mol. The van der Waals surface area contributed by atoms with Gasteiger partial charge in [0.25, 0.3) is 0 Å². The largest absolute Gasteiger partial charge is 0.491 e. The molecule has 0 atom stereocenters. The number of ether oxygens (including phenoxy) is 2. The lowest BCUT2D eigenvalue weighted by atomic mass is 10.1. The van der Waals surface area contributed by atoms with Gasteiger partial charge in [0, 0.05) is 45.1 Å². The van der Waals surface area contributed by atoms with Crippen LogP contribution < -0.4 is 15.4 Å². The van der Waals surface area contributed by atoms with Gasteiger partial charge in [-0.15, -0.1) is 10.2 Å². The van der Waals surface area contributed by atoms with Gasteiger partial charge in [0.2, 0.25) is 0 Å². The van der Waals surface area contributed by atoms with E-state index in [1.54, 1.807) is 7.11 Å². The molecule has 0 amide bonds. The molecule has 2 aromatic rings. The van der Waals surface area contributed by atoms with Gasteiger partial charge in [0.1, 0.15) is 24.0 Å². The Hall–Kier alpha value is -2.61. The number of aromatic nitrogens is 3. The number of benzene rings is 1. The minimum absolute atomic E-state index is 0.525. The summed E-state index contributed by atoms with van der Waals surface area (Å²) in [5.74, 6) is 3.85. The number of fused-ring (bicyclic) bond motifs is 1. The maximum Gasteiger partial charge on any atom is 0.191 e. The topological polar surface area (TPSA) is 85.6 Å². The summed E-state index contributed by atoms with van der Waals surface area (Å²) < 4.78 is 13.3. The van der Waals surface area contributed by atoms with Crippen molar-refractivity contribution in [2.24, 2.45) is 4.99 Å². The highest BCUT2D eigenvalue weighted by molar-refractivity contribution is 5.79. The summed E-state index contributed by atoms with van der Waals surface area (Å²) in [6.07, 6.45) is 5.56. The van der Waals surface area contributed by atoms with E-state index in [0.717, 1.165) is 67.0 Å². The van der Waals surface area contributed by atoms with Crippen LogP contribution in [-0.2, 0) is 30.7 Å². The number of aryl methyl sites for hydroxylation is 2. The molecule has 0 radical (unpaired) electrons. The Balaban J connectivity index is 1.59. The first-order chi connectivity index (χ1) is 15.2. The van der Waals surface area contributed by atoms with Gasteiger partial charge in [0.15, 0.2) is 5.96 Å². The second-order valence-electron chi connectivity index (χ2n) is 7.82. The van der Waals surface area contributed by atoms with Crippen molar-refractivity contribution in [3.8, 4) is 5.75 Å². The van der Waals surface area contributed by atoms with Crippen LogP contribution in [0.3, 0.4) is 0 Å². The molecule has 2 heterocycles. The summed E-state index contributed by atoms with van der Waals surface area (Å²) in [5, 5.41) is 15.6. The summed E-state index contributed by atoms with van der Waals surface area (Å²) in [6.45, 7) is 8.36. The maximum atomic E-state index is 5.89. The molecule has 2 N–H and O–H groups in total. The number of hydrogen-bond acceptors (Lipinski definition) is 5. The van der Waals surface area contributed by atoms with Gasteiger partial charge in [-0.1, -0.05) is 18.6 Å². The van der Waals surface area contributed by atoms with Crippen molar-refractivity contribution in [3.05, 3.63) is 41.0 Å². The van der Waals surface area contributed by atoms with Crippen molar-refractivity contribution < 1.29 is 9.47 Å². The Morgan fingerprint density at radius 1 is 1.16 bits per heavy atom. The van der Waals surface area contributed by atoms with Crippen molar-refractivity contribution in [1.29, 1.82) is 0 Å². The number of aliphatic imine (C=N–C) groups is 1. The lowest BCUT2D eigenvalue weighted by Gasteiger charge is -2.14. The lowest BCUT2D eigenvalue weighted by molar-refractivity contribution is 0.145. The molecule has 0 spiro atoms. The predicted octanol–water partition coefficient (Wildman–Crippen LogP) is 2.64. The molecule has 0 unspecified atom stereocenters. The van der Waals surface area contributed by atoms with Crippen molar-refractivity contribution in [2.45, 2.75) is 59.0 Å². The number of hydrogen-bond donors (Lipinski definition) is 2. The standard InChI is InChI=1S/C23H36N6O2/c1-4-24-23(25-12-11-22-28-27-21-8-6-5-7-13-29(21)22)26-17-19-10-9-18(2)16-20(19)31-15-14-30-3/h9-10,16H,4-8,11-15,17H2,1-3H3,(H2,24,25,26). The third-order valence-corrected chi connectivity index (χ3v) is 5.35. The molecular weight excluding hydrogens is 392 g/mol. The highest BCUT2D eigenvalue weighted by Crippen LogP contribution is 2.21. The van der Waals surface area contributed by atoms with E-state index in [-0.39, 0.29) is 0 Å². The molecule has 3 rings (SSSR count). The molecule has 1 aromatic heterocycles. The molecule has 0 aliphatic carbocycles.